The Bertz CT molecular complexity index is 181. The van der Waals surface area contributed by atoms with E-state index in [0.717, 1.165) is 32.7 Å². The van der Waals surface area contributed by atoms with E-state index in [1.807, 2.05) is 0 Å². The van der Waals surface area contributed by atoms with Gasteiger partial charge in [-0.15, -0.1) is 0 Å². The Morgan fingerprint density at radius 2 is 1.67 bits per heavy atom. The lowest BCUT2D eigenvalue weighted by atomic mass is 9.81. The Hall–Kier alpha value is -0.120. The Kier molecular flexibility index (Phi) is 4.56. The lowest BCUT2D eigenvalue weighted by molar-refractivity contribution is 0.0645. The Labute approximate surface area is 94.1 Å². The highest BCUT2D eigenvalue weighted by Crippen LogP contribution is 2.26. The molecule has 1 N–H and O–H groups in total. The minimum atomic E-state index is 0.206. The van der Waals surface area contributed by atoms with Crippen LogP contribution >= 0.6 is 0 Å². The molecule has 3 nitrogen and oxygen atoms in total. The van der Waals surface area contributed by atoms with Crippen molar-refractivity contribution in [2.45, 2.75) is 20.8 Å². The Balaban J connectivity index is 2.39. The first-order valence-corrected chi connectivity index (χ1v) is 5.95. The molecule has 15 heavy (non-hydrogen) atoms. The molecule has 0 aromatic carbocycles. The van der Waals surface area contributed by atoms with Crippen LogP contribution in [-0.2, 0) is 0 Å². The van der Waals surface area contributed by atoms with Crippen molar-refractivity contribution >= 4 is 0 Å². The van der Waals surface area contributed by atoms with E-state index in [1.54, 1.807) is 0 Å². The summed E-state index contributed by atoms with van der Waals surface area (Å²) in [4.78, 5) is 4.84. The highest BCUT2D eigenvalue weighted by atomic mass is 16.3. The molecular formula is C12H26N2O. The summed E-state index contributed by atoms with van der Waals surface area (Å²) in [5.74, 6) is 0.390. The van der Waals surface area contributed by atoms with E-state index in [-0.39, 0.29) is 5.41 Å². The van der Waals surface area contributed by atoms with Crippen LogP contribution in [0.15, 0.2) is 0 Å². The maximum atomic E-state index is 9.41. The lowest BCUT2D eigenvalue weighted by Gasteiger charge is -2.38. The minimum absolute atomic E-state index is 0.206. The fraction of sp³-hybridized carbons (Fsp3) is 1.00. The van der Waals surface area contributed by atoms with Crippen molar-refractivity contribution in [1.82, 2.24) is 9.80 Å². The van der Waals surface area contributed by atoms with Crippen molar-refractivity contribution in [2.24, 2.45) is 11.3 Å². The predicted molar refractivity (Wildman–Crippen MR) is 64.0 cm³/mol. The molecule has 0 bridgehead atoms. The first kappa shape index (κ1) is 12.9. The summed E-state index contributed by atoms with van der Waals surface area (Å²) in [7, 11) is 2.17. The van der Waals surface area contributed by atoms with Gasteiger partial charge in [0.15, 0.2) is 0 Å². The summed E-state index contributed by atoms with van der Waals surface area (Å²) in [5, 5.41) is 9.41. The van der Waals surface area contributed by atoms with Gasteiger partial charge in [0.2, 0.25) is 0 Å². The van der Waals surface area contributed by atoms with E-state index in [4.69, 9.17) is 0 Å². The summed E-state index contributed by atoms with van der Waals surface area (Å²) >= 11 is 0. The number of rotatable bonds is 3. The number of nitrogens with zero attached hydrogens (tertiary/aromatic N) is 2. The van der Waals surface area contributed by atoms with Crippen LogP contribution in [0.5, 0.6) is 0 Å². The van der Waals surface area contributed by atoms with Gasteiger partial charge in [-0.05, 0) is 18.4 Å². The second-order valence-electron chi connectivity index (χ2n) is 5.85. The summed E-state index contributed by atoms with van der Waals surface area (Å²) in [6.45, 7) is 12.6. The molecule has 3 heteroatoms. The van der Waals surface area contributed by atoms with Gasteiger partial charge in [-0.1, -0.05) is 20.8 Å². The van der Waals surface area contributed by atoms with E-state index in [1.165, 1.54) is 0 Å². The van der Waals surface area contributed by atoms with Crippen LogP contribution in [0.4, 0.5) is 0 Å². The average molecular weight is 214 g/mol. The highest BCUT2D eigenvalue weighted by molar-refractivity contribution is 4.79. The molecule has 0 aromatic heterocycles. The maximum Gasteiger partial charge on any atom is 0.0476 e. The van der Waals surface area contributed by atoms with Gasteiger partial charge in [-0.25, -0.2) is 0 Å². The largest absolute Gasteiger partial charge is 0.396 e. The molecule has 0 spiro atoms. The van der Waals surface area contributed by atoms with Crippen LogP contribution in [0.2, 0.25) is 0 Å². The summed E-state index contributed by atoms with van der Waals surface area (Å²) in [6, 6.07) is 0. The van der Waals surface area contributed by atoms with Crippen molar-refractivity contribution in [3.63, 3.8) is 0 Å². The SMILES string of the molecule is CN1CCN(CC(CO)C(C)(C)C)CC1. The molecule has 1 aliphatic rings. The van der Waals surface area contributed by atoms with E-state index >= 15 is 0 Å². The summed E-state index contributed by atoms with van der Waals surface area (Å²) < 4.78 is 0. The zero-order valence-electron chi connectivity index (χ0n) is 10.7. The topological polar surface area (TPSA) is 26.7 Å². The lowest BCUT2D eigenvalue weighted by Crippen LogP contribution is -2.48. The molecule has 0 aromatic rings. The minimum Gasteiger partial charge on any atom is -0.396 e. The van der Waals surface area contributed by atoms with Gasteiger partial charge in [0.1, 0.15) is 0 Å². The molecule has 1 atom stereocenters. The number of hydrogen-bond acceptors (Lipinski definition) is 3. The van der Waals surface area contributed by atoms with Gasteiger partial charge in [0, 0.05) is 39.3 Å². The first-order valence-electron chi connectivity index (χ1n) is 5.95. The third-order valence-corrected chi connectivity index (χ3v) is 3.52. The maximum absolute atomic E-state index is 9.41. The average Bonchev–Trinajstić information content (AvgIpc) is 2.15. The molecule has 0 radical (unpaired) electrons. The molecule has 0 saturated carbocycles. The van der Waals surface area contributed by atoms with E-state index in [0.29, 0.717) is 12.5 Å². The molecule has 0 aliphatic carbocycles. The first-order chi connectivity index (χ1) is 6.93. The van der Waals surface area contributed by atoms with Gasteiger partial charge < -0.3 is 14.9 Å². The van der Waals surface area contributed by atoms with E-state index in [9.17, 15) is 5.11 Å². The fourth-order valence-corrected chi connectivity index (χ4v) is 1.95. The molecule has 0 amide bonds. The molecular weight excluding hydrogens is 188 g/mol. The number of hydrogen-bond donors (Lipinski definition) is 1. The molecule has 1 fully saturated rings. The van der Waals surface area contributed by atoms with E-state index in [2.05, 4.69) is 37.6 Å². The quantitative estimate of drug-likeness (QED) is 0.756. The third kappa shape index (κ3) is 4.09. The van der Waals surface area contributed by atoms with Crippen molar-refractivity contribution in [2.75, 3.05) is 46.4 Å². The number of likely N-dealkylation sites (N-methyl/N-ethyl adjacent to an activating group) is 1. The van der Waals surface area contributed by atoms with Crippen molar-refractivity contribution in [3.8, 4) is 0 Å². The molecule has 1 aliphatic heterocycles. The molecule has 1 heterocycles. The number of piperazine rings is 1. The molecule has 1 saturated heterocycles. The van der Waals surface area contributed by atoms with Crippen LogP contribution in [-0.4, -0.2) is 61.3 Å². The zero-order valence-corrected chi connectivity index (χ0v) is 10.7. The number of aliphatic hydroxyl groups excluding tert-OH is 1. The second kappa shape index (κ2) is 5.28. The van der Waals surface area contributed by atoms with Gasteiger partial charge in [-0.3, -0.25) is 0 Å². The molecule has 1 rings (SSSR count). The van der Waals surface area contributed by atoms with E-state index < -0.39 is 0 Å². The smallest absolute Gasteiger partial charge is 0.0476 e. The fourth-order valence-electron chi connectivity index (χ4n) is 1.95. The second-order valence-corrected chi connectivity index (χ2v) is 5.85. The third-order valence-electron chi connectivity index (χ3n) is 3.52. The van der Waals surface area contributed by atoms with Gasteiger partial charge in [0.25, 0.3) is 0 Å². The standard InChI is InChI=1S/C12H26N2O/c1-12(2,3)11(10-15)9-14-7-5-13(4)6-8-14/h11,15H,5-10H2,1-4H3. The Morgan fingerprint density at radius 3 is 2.07 bits per heavy atom. The van der Waals surface area contributed by atoms with Crippen molar-refractivity contribution in [1.29, 1.82) is 0 Å². The zero-order chi connectivity index (χ0) is 11.5. The molecule has 90 valence electrons. The van der Waals surface area contributed by atoms with Crippen LogP contribution in [0.1, 0.15) is 20.8 Å². The monoisotopic (exact) mass is 214 g/mol. The van der Waals surface area contributed by atoms with Crippen LogP contribution < -0.4 is 0 Å². The normalized spacial score (nSPS) is 23.0. The number of aliphatic hydroxyl groups is 1. The summed E-state index contributed by atoms with van der Waals surface area (Å²) in [5.41, 5.74) is 0.206. The van der Waals surface area contributed by atoms with Crippen LogP contribution in [0, 0.1) is 11.3 Å². The molecule has 1 unspecified atom stereocenters. The highest BCUT2D eigenvalue weighted by Gasteiger charge is 2.26. The van der Waals surface area contributed by atoms with Gasteiger partial charge >= 0.3 is 0 Å². The van der Waals surface area contributed by atoms with Gasteiger partial charge in [-0.2, -0.15) is 0 Å². The predicted octanol–water partition coefficient (Wildman–Crippen LogP) is 0.888. The van der Waals surface area contributed by atoms with Gasteiger partial charge in [0.05, 0.1) is 0 Å². The van der Waals surface area contributed by atoms with Crippen molar-refractivity contribution < 1.29 is 5.11 Å². The van der Waals surface area contributed by atoms with Crippen molar-refractivity contribution in [3.05, 3.63) is 0 Å². The van der Waals surface area contributed by atoms with Crippen LogP contribution in [0.25, 0.3) is 0 Å². The summed E-state index contributed by atoms with van der Waals surface area (Å²) in [6.07, 6.45) is 0. The van der Waals surface area contributed by atoms with Crippen LogP contribution in [0.3, 0.4) is 0 Å². The Morgan fingerprint density at radius 1 is 1.13 bits per heavy atom.